The molecule has 0 saturated carbocycles. The van der Waals surface area contributed by atoms with Crippen LogP contribution in [0.15, 0.2) is 65.1 Å². The summed E-state index contributed by atoms with van der Waals surface area (Å²) in [5.41, 5.74) is 2.48. The number of nitrogens with one attached hydrogen (secondary N) is 3. The average Bonchev–Trinajstić information content (AvgIpc) is 3.15. The van der Waals surface area contributed by atoms with Gasteiger partial charge in [-0.1, -0.05) is 51.7 Å². The molecule has 2 aliphatic rings. The molecule has 7 heteroatoms. The second kappa shape index (κ2) is 18.7. The van der Waals surface area contributed by atoms with Crippen molar-refractivity contribution in [3.05, 3.63) is 60.1 Å². The van der Waals surface area contributed by atoms with Gasteiger partial charge >= 0.3 is 0 Å². The summed E-state index contributed by atoms with van der Waals surface area (Å²) in [6.07, 6.45) is 16.0. The highest BCUT2D eigenvalue weighted by Crippen LogP contribution is 2.18. The van der Waals surface area contributed by atoms with Crippen molar-refractivity contribution < 1.29 is 14.6 Å². The molecule has 0 radical (unpaired) electrons. The van der Waals surface area contributed by atoms with Crippen LogP contribution in [0, 0.1) is 5.92 Å². The average molecular weight is 501 g/mol. The number of nitrogens with zero attached hydrogens (tertiary/aromatic N) is 1. The lowest BCUT2D eigenvalue weighted by Gasteiger charge is -2.24. The van der Waals surface area contributed by atoms with Crippen molar-refractivity contribution >= 4 is 12.1 Å². The third-order valence-corrected chi connectivity index (χ3v) is 5.95. The first-order chi connectivity index (χ1) is 17.5. The van der Waals surface area contributed by atoms with Crippen molar-refractivity contribution in [3.63, 3.8) is 0 Å². The molecule has 1 amide bonds. The van der Waals surface area contributed by atoms with Crippen molar-refractivity contribution in [2.24, 2.45) is 10.9 Å². The van der Waals surface area contributed by atoms with Gasteiger partial charge in [0.2, 0.25) is 11.8 Å². The summed E-state index contributed by atoms with van der Waals surface area (Å²) in [4.78, 5) is 17.0. The van der Waals surface area contributed by atoms with Crippen LogP contribution in [0.5, 0.6) is 0 Å². The number of ether oxygens (including phenoxy) is 1. The molecule has 1 saturated heterocycles. The summed E-state index contributed by atoms with van der Waals surface area (Å²) in [5.74, 6) is -0.197. The third-order valence-electron chi connectivity index (χ3n) is 5.95. The number of amides is 1. The molecule has 0 aliphatic carbocycles. The van der Waals surface area contributed by atoms with Gasteiger partial charge in [0.15, 0.2) is 0 Å². The Morgan fingerprint density at radius 2 is 2.03 bits per heavy atom. The van der Waals surface area contributed by atoms with Gasteiger partial charge in [-0.3, -0.25) is 4.79 Å². The van der Waals surface area contributed by atoms with Crippen molar-refractivity contribution in [2.45, 2.75) is 78.6 Å². The van der Waals surface area contributed by atoms with E-state index in [1.165, 1.54) is 11.1 Å². The first kappa shape index (κ1) is 31.5. The zero-order chi connectivity index (χ0) is 26.8. The zero-order valence-corrected chi connectivity index (χ0v) is 22.9. The monoisotopic (exact) mass is 500 g/mol. The molecule has 7 nitrogen and oxygen atoms in total. The molecule has 3 atom stereocenters. The lowest BCUT2D eigenvalue weighted by molar-refractivity contribution is -0.122. The maximum atomic E-state index is 12.7. The maximum absolute atomic E-state index is 12.7. The summed E-state index contributed by atoms with van der Waals surface area (Å²) < 4.78 is 5.99. The Balaban J connectivity index is 0.00000316. The van der Waals surface area contributed by atoms with E-state index in [0.717, 1.165) is 38.8 Å². The fourth-order valence-corrected chi connectivity index (χ4v) is 4.00. The van der Waals surface area contributed by atoms with Gasteiger partial charge in [0.1, 0.15) is 6.10 Å². The molecule has 4 N–H and O–H groups in total. The van der Waals surface area contributed by atoms with Crippen LogP contribution < -0.4 is 16.0 Å². The molecule has 0 aromatic carbocycles. The van der Waals surface area contributed by atoms with Gasteiger partial charge in [-0.05, 0) is 75.9 Å². The Morgan fingerprint density at radius 3 is 2.67 bits per heavy atom. The Bertz CT molecular complexity index is 807. The van der Waals surface area contributed by atoms with E-state index in [-0.39, 0.29) is 24.6 Å². The molecule has 3 unspecified atom stereocenters. The minimum absolute atomic E-state index is 0.115. The number of carbonyl (C=O) groups excluding carboxylic acids is 1. The molecule has 1 fully saturated rings. The minimum Gasteiger partial charge on any atom is -0.474 e. The number of rotatable bonds is 13. The molecule has 2 heterocycles. The number of hydrogen-bond donors (Lipinski definition) is 4. The van der Waals surface area contributed by atoms with Crippen molar-refractivity contribution in [2.75, 3.05) is 26.2 Å². The van der Waals surface area contributed by atoms with Crippen LogP contribution in [-0.2, 0) is 9.53 Å². The van der Waals surface area contributed by atoms with Crippen LogP contribution in [0.3, 0.4) is 0 Å². The van der Waals surface area contributed by atoms with E-state index in [0.29, 0.717) is 12.4 Å². The van der Waals surface area contributed by atoms with Crippen molar-refractivity contribution in [1.29, 1.82) is 0 Å². The number of aliphatic imine (C=N–C) groups is 1. The normalized spacial score (nSPS) is 20.4. The standard InChI is InChI=1S/C27H42N4O3.C2H6/c1-5-9-21(6-2)22(7-3)16-20(4)30-18-24(32)19-31-27(33)23-10-8-13-29-26(17-23)34-25-11-14-28-15-12-25;1-2/h5,7-10,13,17,20,23-25,28,30,32H,3,6,11-12,14-16,18-19H2,1-2,4H3,(H,31,33);1-2H3/b9-5-,22-21+;. The molecule has 2 rings (SSSR count). The minimum atomic E-state index is -0.691. The number of allylic oxidation sites excluding steroid dienone is 5. The van der Waals surface area contributed by atoms with Crippen LogP contribution in [0.4, 0.5) is 0 Å². The molecule has 0 spiro atoms. The predicted molar refractivity (Wildman–Crippen MR) is 151 cm³/mol. The smallest absolute Gasteiger partial charge is 0.231 e. The number of aliphatic hydroxyl groups excluding tert-OH is 1. The SMILES string of the molecule is C=C/C(CC(C)NCC(O)CNC(=O)C1C=CC=NC(OC2CCNCC2)=C1)=C(\C=C/C)CC.CC. The van der Waals surface area contributed by atoms with E-state index in [1.54, 1.807) is 24.4 Å². The number of carbonyl (C=O) groups is 1. The molecule has 0 aromatic rings. The first-order valence-electron chi connectivity index (χ1n) is 13.4. The first-order valence-corrected chi connectivity index (χ1v) is 13.4. The molecule has 36 heavy (non-hydrogen) atoms. The largest absolute Gasteiger partial charge is 0.474 e. The highest BCUT2D eigenvalue weighted by Gasteiger charge is 2.20. The van der Waals surface area contributed by atoms with Crippen LogP contribution in [-0.4, -0.2) is 61.7 Å². The zero-order valence-electron chi connectivity index (χ0n) is 22.9. The maximum Gasteiger partial charge on any atom is 0.231 e. The summed E-state index contributed by atoms with van der Waals surface area (Å²) in [6, 6.07) is 0.171. The molecule has 202 valence electrons. The van der Waals surface area contributed by atoms with Crippen molar-refractivity contribution in [1.82, 2.24) is 16.0 Å². The Hall–Kier alpha value is -2.48. The second-order valence-corrected chi connectivity index (χ2v) is 8.78. The third kappa shape index (κ3) is 12.0. The Morgan fingerprint density at radius 1 is 1.31 bits per heavy atom. The number of piperidine rings is 1. The van der Waals surface area contributed by atoms with Gasteiger partial charge < -0.3 is 25.8 Å². The molecular formula is C29H48N4O3. The fourth-order valence-electron chi connectivity index (χ4n) is 4.00. The van der Waals surface area contributed by atoms with E-state index in [9.17, 15) is 9.90 Å². The van der Waals surface area contributed by atoms with Gasteiger partial charge in [-0.25, -0.2) is 4.99 Å². The van der Waals surface area contributed by atoms with E-state index < -0.39 is 12.0 Å². The fraction of sp³-hybridized carbons (Fsp3) is 0.586. The highest BCUT2D eigenvalue weighted by molar-refractivity contribution is 5.84. The highest BCUT2D eigenvalue weighted by atomic mass is 16.5. The van der Waals surface area contributed by atoms with E-state index in [1.807, 2.05) is 32.9 Å². The lowest BCUT2D eigenvalue weighted by Crippen LogP contribution is -2.42. The molecule has 0 bridgehead atoms. The van der Waals surface area contributed by atoms with Gasteiger partial charge in [0.05, 0.1) is 12.0 Å². The Kier molecular flexibility index (Phi) is 16.4. The number of aliphatic hydroxyl groups is 1. The molecule has 0 aromatic heterocycles. The topological polar surface area (TPSA) is 95.0 Å². The van der Waals surface area contributed by atoms with Crippen LogP contribution in [0.25, 0.3) is 0 Å². The van der Waals surface area contributed by atoms with Crippen LogP contribution in [0.2, 0.25) is 0 Å². The number of hydrogen-bond acceptors (Lipinski definition) is 6. The van der Waals surface area contributed by atoms with Gasteiger partial charge in [-0.15, -0.1) is 0 Å². The predicted octanol–water partition coefficient (Wildman–Crippen LogP) is 4.19. The summed E-state index contributed by atoms with van der Waals surface area (Å²) in [5, 5.41) is 19.9. The molecular weight excluding hydrogens is 452 g/mol. The van der Waals surface area contributed by atoms with Gasteiger partial charge in [0.25, 0.3) is 0 Å². The summed E-state index contributed by atoms with van der Waals surface area (Å²) in [6.45, 7) is 16.6. The van der Waals surface area contributed by atoms with Crippen molar-refractivity contribution in [3.8, 4) is 0 Å². The van der Waals surface area contributed by atoms with Crippen LogP contribution in [0.1, 0.15) is 60.3 Å². The molecule has 2 aliphatic heterocycles. The van der Waals surface area contributed by atoms with Gasteiger partial charge in [-0.2, -0.15) is 0 Å². The summed E-state index contributed by atoms with van der Waals surface area (Å²) >= 11 is 0. The Labute approximate surface area is 218 Å². The van der Waals surface area contributed by atoms with Gasteiger partial charge in [0, 0.05) is 25.3 Å². The van der Waals surface area contributed by atoms with E-state index in [4.69, 9.17) is 4.74 Å². The van der Waals surface area contributed by atoms with Crippen LogP contribution >= 0.6 is 0 Å². The van der Waals surface area contributed by atoms with E-state index >= 15 is 0 Å². The summed E-state index contributed by atoms with van der Waals surface area (Å²) in [7, 11) is 0. The second-order valence-electron chi connectivity index (χ2n) is 8.78. The quantitative estimate of drug-likeness (QED) is 0.285. The lowest BCUT2D eigenvalue weighted by atomic mass is 9.99. The van der Waals surface area contributed by atoms with E-state index in [2.05, 4.69) is 47.4 Å².